The monoisotopic (exact) mass is 578 g/mol. The summed E-state index contributed by atoms with van der Waals surface area (Å²) in [5.41, 5.74) is 16.9. The van der Waals surface area contributed by atoms with Crippen LogP contribution in [0, 0.1) is 13.8 Å². The van der Waals surface area contributed by atoms with Crippen LogP contribution in [0.25, 0.3) is 22.3 Å². The van der Waals surface area contributed by atoms with Crippen LogP contribution in [0.3, 0.4) is 0 Å². The van der Waals surface area contributed by atoms with E-state index in [0.717, 1.165) is 39.3 Å². The number of nitrogens with one attached hydrogen (secondary N) is 2. The number of nitrogens with zero attached hydrogens (tertiary/aromatic N) is 1. The summed E-state index contributed by atoms with van der Waals surface area (Å²) in [6, 6.07) is 38.5. The van der Waals surface area contributed by atoms with Gasteiger partial charge in [0.15, 0.2) is 0 Å². The van der Waals surface area contributed by atoms with Gasteiger partial charge < -0.3 is 26.4 Å². The van der Waals surface area contributed by atoms with Gasteiger partial charge in [0.2, 0.25) is 0 Å². The van der Waals surface area contributed by atoms with Crippen LogP contribution in [0.2, 0.25) is 0 Å². The average molecular weight is 579 g/mol. The van der Waals surface area contributed by atoms with Crippen molar-refractivity contribution in [1.82, 2.24) is 0 Å². The van der Waals surface area contributed by atoms with Gasteiger partial charge in [0.05, 0.1) is 23.8 Å². The number of phenols is 1. The van der Waals surface area contributed by atoms with Crippen LogP contribution in [-0.2, 0) is 0 Å². The van der Waals surface area contributed by atoms with Crippen molar-refractivity contribution >= 4 is 22.7 Å². The maximum atomic E-state index is 11.9. The number of phenolic OH excluding ortho intramolecular Hbond substituents is 1. The van der Waals surface area contributed by atoms with E-state index in [1.165, 1.54) is 5.56 Å². The molecular formula is C39H38N4O. The number of hydrogen-bond acceptors (Lipinski definition) is 5. The van der Waals surface area contributed by atoms with Crippen molar-refractivity contribution in [3.05, 3.63) is 163 Å². The maximum absolute atomic E-state index is 11.9. The molecule has 0 fully saturated rings. The van der Waals surface area contributed by atoms with Crippen LogP contribution < -0.4 is 21.3 Å². The van der Waals surface area contributed by atoms with Crippen LogP contribution >= 0.6 is 0 Å². The van der Waals surface area contributed by atoms with Gasteiger partial charge in [-0.3, -0.25) is 0 Å². The van der Waals surface area contributed by atoms with Crippen LogP contribution in [0.15, 0.2) is 152 Å². The molecule has 0 aliphatic carbocycles. The molecule has 0 atom stereocenters. The number of allylic oxidation sites excluding steroid dienone is 2. The molecule has 5 aromatic carbocycles. The van der Waals surface area contributed by atoms with Crippen LogP contribution in [-0.4, -0.2) is 11.8 Å². The molecule has 0 radical (unpaired) electrons. The lowest BCUT2D eigenvalue weighted by molar-refractivity contribution is 0.477. The predicted molar refractivity (Wildman–Crippen MR) is 187 cm³/mol. The topological polar surface area (TPSA) is 73.5 Å². The van der Waals surface area contributed by atoms with Gasteiger partial charge in [0, 0.05) is 33.8 Å². The van der Waals surface area contributed by atoms with Crippen molar-refractivity contribution in [3.8, 4) is 28.0 Å². The molecule has 0 saturated heterocycles. The van der Waals surface area contributed by atoms with Crippen molar-refractivity contribution in [2.24, 2.45) is 5.73 Å². The van der Waals surface area contributed by atoms with Crippen LogP contribution in [0.1, 0.15) is 11.1 Å². The first-order valence-electron chi connectivity index (χ1n) is 14.6. The van der Waals surface area contributed by atoms with Gasteiger partial charge in [-0.05, 0) is 61.4 Å². The SMILES string of the molecule is C=C/C(N)=C(\C=C)N(CNc1ccccc1C)c1cccc(-c2ccccc2Nc2ccccc2-c2cccc(C)c2)c1O. The third-order valence-corrected chi connectivity index (χ3v) is 7.62. The molecule has 5 nitrogen and oxygen atoms in total. The Hall–Kier alpha value is -5.68. The molecule has 0 heterocycles. The molecule has 220 valence electrons. The minimum Gasteiger partial charge on any atom is -0.505 e. The number of anilines is 4. The van der Waals surface area contributed by atoms with Gasteiger partial charge >= 0.3 is 0 Å². The van der Waals surface area contributed by atoms with E-state index in [1.807, 2.05) is 90.7 Å². The summed E-state index contributed by atoms with van der Waals surface area (Å²) in [6.45, 7) is 12.4. The number of nitrogens with two attached hydrogens (primary N) is 1. The summed E-state index contributed by atoms with van der Waals surface area (Å²) in [7, 11) is 0. The molecule has 5 aromatic rings. The summed E-state index contributed by atoms with van der Waals surface area (Å²) in [4.78, 5) is 1.92. The fraction of sp³-hybridized carbons (Fsp3) is 0.0769. The molecular weight excluding hydrogens is 540 g/mol. The van der Waals surface area contributed by atoms with E-state index in [4.69, 9.17) is 5.73 Å². The highest BCUT2D eigenvalue weighted by molar-refractivity contribution is 5.90. The minimum atomic E-state index is 0.122. The summed E-state index contributed by atoms with van der Waals surface area (Å²) in [6.07, 6.45) is 3.27. The fourth-order valence-electron chi connectivity index (χ4n) is 5.32. The summed E-state index contributed by atoms with van der Waals surface area (Å²) in [5, 5.41) is 19.0. The number of rotatable bonds is 11. The van der Waals surface area contributed by atoms with Crippen molar-refractivity contribution < 1.29 is 5.11 Å². The standard InChI is InChI=1S/C39H38N4O/c1-5-33(40)37(6-2)43(26-41-34-21-10-7-16-28(34)4)38-24-14-20-32(39(38)44)31-19-9-12-23-36(31)42-35-22-11-8-18-30(35)29-17-13-15-27(3)25-29/h5-25,41-42,44H,1-2,26,40H2,3-4H3/b37-33-. The minimum absolute atomic E-state index is 0.122. The van der Waals surface area contributed by atoms with Gasteiger partial charge in [-0.2, -0.15) is 0 Å². The highest BCUT2D eigenvalue weighted by Crippen LogP contribution is 2.43. The Bertz CT molecular complexity index is 1840. The molecule has 0 spiro atoms. The molecule has 0 aliphatic rings. The van der Waals surface area contributed by atoms with Crippen LogP contribution in [0.4, 0.5) is 22.7 Å². The third-order valence-electron chi connectivity index (χ3n) is 7.62. The normalized spacial score (nSPS) is 11.3. The Morgan fingerprint density at radius 1 is 0.727 bits per heavy atom. The Kier molecular flexibility index (Phi) is 9.16. The van der Waals surface area contributed by atoms with E-state index < -0.39 is 0 Å². The first kappa shape index (κ1) is 29.8. The van der Waals surface area contributed by atoms with E-state index >= 15 is 0 Å². The highest BCUT2D eigenvalue weighted by atomic mass is 16.3. The van der Waals surface area contributed by atoms with E-state index in [9.17, 15) is 5.11 Å². The molecule has 0 aromatic heterocycles. The third kappa shape index (κ3) is 6.37. The molecule has 44 heavy (non-hydrogen) atoms. The molecule has 0 saturated carbocycles. The van der Waals surface area contributed by atoms with Crippen molar-refractivity contribution in [2.45, 2.75) is 13.8 Å². The molecule has 5 rings (SSSR count). The van der Waals surface area contributed by atoms with Gasteiger partial charge in [0.1, 0.15) is 5.75 Å². The second-order valence-corrected chi connectivity index (χ2v) is 10.6. The number of aryl methyl sites for hydroxylation is 2. The lowest BCUT2D eigenvalue weighted by atomic mass is 9.99. The number of hydrogen-bond donors (Lipinski definition) is 4. The number of para-hydroxylation sites is 4. The lowest BCUT2D eigenvalue weighted by Crippen LogP contribution is -2.30. The largest absolute Gasteiger partial charge is 0.505 e. The Labute approximate surface area is 260 Å². The Morgan fingerprint density at radius 2 is 1.34 bits per heavy atom. The molecule has 0 aliphatic heterocycles. The zero-order chi connectivity index (χ0) is 31.1. The first-order chi connectivity index (χ1) is 21.4. The number of aromatic hydroxyl groups is 1. The first-order valence-corrected chi connectivity index (χ1v) is 14.6. The van der Waals surface area contributed by atoms with Crippen molar-refractivity contribution in [1.29, 1.82) is 0 Å². The zero-order valence-corrected chi connectivity index (χ0v) is 25.2. The van der Waals surface area contributed by atoms with Crippen LogP contribution in [0.5, 0.6) is 5.75 Å². The smallest absolute Gasteiger partial charge is 0.147 e. The quantitative estimate of drug-likeness (QED) is 0.0928. The van der Waals surface area contributed by atoms with Gasteiger partial charge in [0.25, 0.3) is 0 Å². The van der Waals surface area contributed by atoms with Gasteiger partial charge in [-0.15, -0.1) is 0 Å². The van der Waals surface area contributed by atoms with E-state index in [0.29, 0.717) is 29.3 Å². The van der Waals surface area contributed by atoms with E-state index in [1.54, 1.807) is 12.2 Å². The zero-order valence-electron chi connectivity index (χ0n) is 25.2. The highest BCUT2D eigenvalue weighted by Gasteiger charge is 2.20. The fourth-order valence-corrected chi connectivity index (χ4v) is 5.32. The summed E-state index contributed by atoms with van der Waals surface area (Å²) >= 11 is 0. The second-order valence-electron chi connectivity index (χ2n) is 10.6. The Morgan fingerprint density at radius 3 is 2.02 bits per heavy atom. The average Bonchev–Trinajstić information content (AvgIpc) is 3.04. The summed E-state index contributed by atoms with van der Waals surface area (Å²) in [5.74, 6) is 0.122. The molecule has 5 heteroatoms. The molecule has 0 unspecified atom stereocenters. The number of benzene rings is 5. The van der Waals surface area contributed by atoms with Gasteiger partial charge in [-0.25, -0.2) is 0 Å². The summed E-state index contributed by atoms with van der Waals surface area (Å²) < 4.78 is 0. The molecule has 5 N–H and O–H groups in total. The Balaban J connectivity index is 1.57. The van der Waals surface area contributed by atoms with E-state index in [-0.39, 0.29) is 5.75 Å². The van der Waals surface area contributed by atoms with Crippen molar-refractivity contribution in [3.63, 3.8) is 0 Å². The maximum Gasteiger partial charge on any atom is 0.147 e. The molecule has 0 bridgehead atoms. The predicted octanol–water partition coefficient (Wildman–Crippen LogP) is 9.50. The van der Waals surface area contributed by atoms with Crippen molar-refractivity contribution in [2.75, 3.05) is 22.2 Å². The van der Waals surface area contributed by atoms with E-state index in [2.05, 4.69) is 67.1 Å². The lowest BCUT2D eigenvalue weighted by Gasteiger charge is -2.29. The molecule has 0 amide bonds. The second kappa shape index (κ2) is 13.5. The van der Waals surface area contributed by atoms with Gasteiger partial charge in [-0.1, -0.05) is 110 Å².